The van der Waals surface area contributed by atoms with Gasteiger partial charge in [-0.3, -0.25) is 0 Å². The fraction of sp³-hybridized carbons (Fsp3) is 0.286. The normalized spacial score (nSPS) is 10.7. The van der Waals surface area contributed by atoms with E-state index in [4.69, 9.17) is 5.11 Å². The summed E-state index contributed by atoms with van der Waals surface area (Å²) in [7, 11) is 0. The first kappa shape index (κ1) is 12.8. The van der Waals surface area contributed by atoms with E-state index in [2.05, 4.69) is 24.0 Å². The van der Waals surface area contributed by atoms with Gasteiger partial charge in [-0.25, -0.2) is 9.78 Å². The summed E-state index contributed by atoms with van der Waals surface area (Å²) in [6.07, 6.45) is 0. The van der Waals surface area contributed by atoms with E-state index in [0.29, 0.717) is 0 Å². The summed E-state index contributed by atoms with van der Waals surface area (Å²) >= 11 is 1.23. The maximum absolute atomic E-state index is 11.0. The van der Waals surface area contributed by atoms with Gasteiger partial charge in [0.25, 0.3) is 0 Å². The van der Waals surface area contributed by atoms with Gasteiger partial charge in [0.05, 0.1) is 5.69 Å². The molecule has 0 bridgehead atoms. The second-order valence-corrected chi connectivity index (χ2v) is 5.71. The molecule has 3 nitrogen and oxygen atoms in total. The highest BCUT2D eigenvalue weighted by Crippen LogP contribution is 2.32. The molecule has 0 aliphatic rings. The van der Waals surface area contributed by atoms with Crippen molar-refractivity contribution in [1.29, 1.82) is 0 Å². The van der Waals surface area contributed by atoms with Crippen LogP contribution >= 0.6 is 11.3 Å². The van der Waals surface area contributed by atoms with Crippen molar-refractivity contribution in [1.82, 2.24) is 4.98 Å². The van der Waals surface area contributed by atoms with Crippen molar-refractivity contribution in [3.8, 4) is 11.3 Å². The zero-order valence-electron chi connectivity index (χ0n) is 10.9. The highest BCUT2D eigenvalue weighted by atomic mass is 32.1. The molecular weight excluding hydrogens is 246 g/mol. The zero-order valence-corrected chi connectivity index (χ0v) is 11.7. The molecule has 0 saturated heterocycles. The molecule has 0 unspecified atom stereocenters. The molecule has 0 saturated carbocycles. The molecule has 0 aliphatic heterocycles. The van der Waals surface area contributed by atoms with E-state index >= 15 is 0 Å². The first-order chi connectivity index (χ1) is 8.40. The maximum Gasteiger partial charge on any atom is 0.365 e. The molecule has 0 fully saturated rings. The SMILES string of the molecule is Cc1cc(C)c(-c2nc(C(=O)O)sc2C)c(C)c1. The van der Waals surface area contributed by atoms with Crippen molar-refractivity contribution in [3.05, 3.63) is 38.7 Å². The van der Waals surface area contributed by atoms with Crippen molar-refractivity contribution in [3.63, 3.8) is 0 Å². The summed E-state index contributed by atoms with van der Waals surface area (Å²) in [4.78, 5) is 16.2. The first-order valence-corrected chi connectivity index (χ1v) is 6.50. The van der Waals surface area contributed by atoms with E-state index in [9.17, 15) is 4.79 Å². The van der Waals surface area contributed by atoms with Crippen LogP contribution in [0, 0.1) is 27.7 Å². The molecule has 0 aliphatic carbocycles. The van der Waals surface area contributed by atoms with Crippen LogP contribution in [0.4, 0.5) is 0 Å². The lowest BCUT2D eigenvalue weighted by molar-refractivity contribution is 0.0696. The van der Waals surface area contributed by atoms with E-state index in [1.54, 1.807) is 0 Å². The van der Waals surface area contributed by atoms with Crippen LogP contribution in [0.15, 0.2) is 12.1 Å². The third kappa shape index (κ3) is 2.16. The largest absolute Gasteiger partial charge is 0.476 e. The number of carboxylic acids is 1. The van der Waals surface area contributed by atoms with E-state index < -0.39 is 5.97 Å². The lowest BCUT2D eigenvalue weighted by Crippen LogP contribution is -1.96. The zero-order chi connectivity index (χ0) is 13.4. The first-order valence-electron chi connectivity index (χ1n) is 5.69. The highest BCUT2D eigenvalue weighted by molar-refractivity contribution is 7.13. The molecule has 0 amide bonds. The van der Waals surface area contributed by atoms with E-state index in [1.807, 2.05) is 20.8 Å². The van der Waals surface area contributed by atoms with Gasteiger partial charge in [0.2, 0.25) is 5.01 Å². The molecule has 1 N–H and O–H groups in total. The van der Waals surface area contributed by atoms with Crippen LogP contribution < -0.4 is 0 Å². The van der Waals surface area contributed by atoms with Gasteiger partial charge >= 0.3 is 5.97 Å². The van der Waals surface area contributed by atoms with Crippen LogP contribution in [0.1, 0.15) is 31.4 Å². The summed E-state index contributed by atoms with van der Waals surface area (Å²) in [6, 6.07) is 4.20. The molecule has 1 heterocycles. The van der Waals surface area contributed by atoms with Crippen LogP contribution in [-0.2, 0) is 0 Å². The lowest BCUT2D eigenvalue weighted by atomic mass is 9.97. The average Bonchev–Trinajstić information content (AvgIpc) is 2.59. The van der Waals surface area contributed by atoms with Crippen LogP contribution in [-0.4, -0.2) is 16.1 Å². The molecule has 0 spiro atoms. The summed E-state index contributed by atoms with van der Waals surface area (Å²) in [5, 5.41) is 9.15. The predicted octanol–water partition coefficient (Wildman–Crippen LogP) is 3.74. The van der Waals surface area contributed by atoms with Crippen molar-refractivity contribution >= 4 is 17.3 Å². The van der Waals surface area contributed by atoms with Gasteiger partial charge in [-0.2, -0.15) is 0 Å². The number of rotatable bonds is 2. The molecule has 1 aromatic carbocycles. The topological polar surface area (TPSA) is 50.2 Å². The molecule has 4 heteroatoms. The maximum atomic E-state index is 11.0. The number of hydrogen-bond donors (Lipinski definition) is 1. The number of aryl methyl sites for hydroxylation is 4. The van der Waals surface area contributed by atoms with E-state index in [0.717, 1.165) is 27.3 Å². The number of aromatic carboxylic acids is 1. The second kappa shape index (κ2) is 4.53. The smallest absolute Gasteiger partial charge is 0.365 e. The third-order valence-corrected chi connectivity index (χ3v) is 3.85. The molecule has 1 aromatic heterocycles. The molecular formula is C14H15NO2S. The summed E-state index contributed by atoms with van der Waals surface area (Å²) in [6.45, 7) is 8.04. The summed E-state index contributed by atoms with van der Waals surface area (Å²) in [5.41, 5.74) is 5.34. The second-order valence-electron chi connectivity index (χ2n) is 4.50. The summed E-state index contributed by atoms with van der Waals surface area (Å²) in [5.74, 6) is -0.961. The molecule has 2 rings (SSSR count). The lowest BCUT2D eigenvalue weighted by Gasteiger charge is -2.09. The number of benzene rings is 1. The monoisotopic (exact) mass is 261 g/mol. The standard InChI is InChI=1S/C14H15NO2S/c1-7-5-8(2)11(9(3)6-7)12-10(4)18-13(15-12)14(16)17/h5-6H,1-4H3,(H,16,17). The minimum Gasteiger partial charge on any atom is -0.476 e. The minimum atomic E-state index is -0.961. The Labute approximate surface area is 110 Å². The Balaban J connectivity index is 2.66. The fourth-order valence-electron chi connectivity index (χ4n) is 2.27. The summed E-state index contributed by atoms with van der Waals surface area (Å²) < 4.78 is 0. The third-order valence-electron chi connectivity index (χ3n) is 2.89. The number of hydrogen-bond acceptors (Lipinski definition) is 3. The van der Waals surface area contributed by atoms with E-state index in [-0.39, 0.29) is 5.01 Å². The van der Waals surface area contributed by atoms with Crippen LogP contribution in [0.3, 0.4) is 0 Å². The highest BCUT2D eigenvalue weighted by Gasteiger charge is 2.17. The molecule has 0 atom stereocenters. The van der Waals surface area contributed by atoms with Crippen molar-refractivity contribution in [2.24, 2.45) is 0 Å². The van der Waals surface area contributed by atoms with Gasteiger partial charge in [0.15, 0.2) is 0 Å². The van der Waals surface area contributed by atoms with Gasteiger partial charge in [-0.15, -0.1) is 11.3 Å². The Hall–Kier alpha value is -1.68. The average molecular weight is 261 g/mol. The fourth-order valence-corrected chi connectivity index (χ4v) is 3.03. The Kier molecular flexibility index (Phi) is 3.22. The van der Waals surface area contributed by atoms with Crippen molar-refractivity contribution in [2.75, 3.05) is 0 Å². The molecule has 94 valence electrons. The number of carboxylic acid groups (broad SMARTS) is 1. The Morgan fingerprint density at radius 1 is 1.17 bits per heavy atom. The molecule has 2 aromatic rings. The predicted molar refractivity (Wildman–Crippen MR) is 73.5 cm³/mol. The van der Waals surface area contributed by atoms with Crippen LogP contribution in [0.5, 0.6) is 0 Å². The van der Waals surface area contributed by atoms with Gasteiger partial charge in [-0.1, -0.05) is 17.7 Å². The quantitative estimate of drug-likeness (QED) is 0.895. The number of nitrogens with zero attached hydrogens (tertiary/aromatic N) is 1. The Morgan fingerprint density at radius 2 is 1.72 bits per heavy atom. The van der Waals surface area contributed by atoms with Crippen LogP contribution in [0.25, 0.3) is 11.3 Å². The van der Waals surface area contributed by atoms with Crippen molar-refractivity contribution in [2.45, 2.75) is 27.7 Å². The van der Waals surface area contributed by atoms with Gasteiger partial charge < -0.3 is 5.11 Å². The molecule has 18 heavy (non-hydrogen) atoms. The molecule has 0 radical (unpaired) electrons. The van der Waals surface area contributed by atoms with Crippen LogP contribution in [0.2, 0.25) is 0 Å². The van der Waals surface area contributed by atoms with E-state index in [1.165, 1.54) is 16.9 Å². The van der Waals surface area contributed by atoms with Crippen molar-refractivity contribution < 1.29 is 9.90 Å². The van der Waals surface area contributed by atoms with Gasteiger partial charge in [0.1, 0.15) is 0 Å². The van der Waals surface area contributed by atoms with Gasteiger partial charge in [0, 0.05) is 10.4 Å². The van der Waals surface area contributed by atoms with Gasteiger partial charge in [-0.05, 0) is 38.8 Å². The minimum absolute atomic E-state index is 0.155. The number of thiazole rings is 1. The Bertz CT molecular complexity index is 606. The number of aromatic nitrogens is 1. The number of carbonyl (C=O) groups is 1. The Morgan fingerprint density at radius 3 is 2.17 bits per heavy atom.